The summed E-state index contributed by atoms with van der Waals surface area (Å²) in [6, 6.07) is 29.8. The van der Waals surface area contributed by atoms with Crippen molar-refractivity contribution in [2.24, 2.45) is 0 Å². The van der Waals surface area contributed by atoms with E-state index in [0.29, 0.717) is 11.3 Å². The largest absolute Gasteiger partial charge is 0.423 e. The SMILES string of the molecule is O=C1OC(/C=C/c2ccccc2)=CC1=C(c1ccccc1)c1ccccc1. The lowest BCUT2D eigenvalue weighted by Gasteiger charge is -2.10. The molecule has 1 heterocycles. The molecular weight excluding hydrogens is 332 g/mol. The van der Waals surface area contributed by atoms with Crippen LogP contribution in [0.4, 0.5) is 0 Å². The third-order valence-corrected chi connectivity index (χ3v) is 4.35. The maximum atomic E-state index is 12.6. The quantitative estimate of drug-likeness (QED) is 0.449. The first-order valence-corrected chi connectivity index (χ1v) is 8.83. The number of cyclic esters (lactones) is 1. The van der Waals surface area contributed by atoms with Gasteiger partial charge in [0.1, 0.15) is 5.76 Å². The van der Waals surface area contributed by atoms with E-state index in [2.05, 4.69) is 0 Å². The van der Waals surface area contributed by atoms with Gasteiger partial charge in [-0.1, -0.05) is 97.1 Å². The molecule has 0 radical (unpaired) electrons. The third kappa shape index (κ3) is 3.80. The Hall–Kier alpha value is -3.65. The lowest BCUT2D eigenvalue weighted by Crippen LogP contribution is -2.02. The molecule has 3 aromatic carbocycles. The molecule has 0 atom stereocenters. The molecular formula is C25H18O2. The lowest BCUT2D eigenvalue weighted by molar-refractivity contribution is -0.132. The zero-order valence-corrected chi connectivity index (χ0v) is 14.7. The van der Waals surface area contributed by atoms with Crippen LogP contribution in [0.3, 0.4) is 0 Å². The van der Waals surface area contributed by atoms with Gasteiger partial charge in [0.15, 0.2) is 0 Å². The van der Waals surface area contributed by atoms with Crippen molar-refractivity contribution < 1.29 is 9.53 Å². The minimum atomic E-state index is -0.328. The maximum Gasteiger partial charge on any atom is 0.344 e. The fraction of sp³-hybridized carbons (Fsp3) is 0. The fourth-order valence-corrected chi connectivity index (χ4v) is 3.08. The summed E-state index contributed by atoms with van der Waals surface area (Å²) in [5.74, 6) is 0.216. The van der Waals surface area contributed by atoms with Crippen LogP contribution in [-0.4, -0.2) is 5.97 Å². The van der Waals surface area contributed by atoms with Crippen molar-refractivity contribution in [3.63, 3.8) is 0 Å². The first kappa shape index (κ1) is 16.8. The molecule has 0 saturated heterocycles. The van der Waals surface area contributed by atoms with Gasteiger partial charge in [-0.3, -0.25) is 0 Å². The molecule has 2 heteroatoms. The Balaban J connectivity index is 1.78. The first-order chi connectivity index (χ1) is 13.3. The van der Waals surface area contributed by atoms with Gasteiger partial charge in [0.2, 0.25) is 0 Å². The topological polar surface area (TPSA) is 26.3 Å². The van der Waals surface area contributed by atoms with Crippen molar-refractivity contribution in [3.8, 4) is 0 Å². The van der Waals surface area contributed by atoms with Crippen molar-refractivity contribution in [1.82, 2.24) is 0 Å². The summed E-state index contributed by atoms with van der Waals surface area (Å²) in [6.07, 6.45) is 5.58. The molecule has 4 rings (SSSR count). The summed E-state index contributed by atoms with van der Waals surface area (Å²) in [5, 5.41) is 0. The highest BCUT2D eigenvalue weighted by atomic mass is 16.5. The number of hydrogen-bond acceptors (Lipinski definition) is 2. The highest BCUT2D eigenvalue weighted by Crippen LogP contribution is 2.32. The average molecular weight is 350 g/mol. The van der Waals surface area contributed by atoms with E-state index in [-0.39, 0.29) is 5.97 Å². The van der Waals surface area contributed by atoms with E-state index in [0.717, 1.165) is 22.3 Å². The molecule has 3 aromatic rings. The molecule has 130 valence electrons. The smallest absolute Gasteiger partial charge is 0.344 e. The predicted octanol–water partition coefficient (Wildman–Crippen LogP) is 5.64. The lowest BCUT2D eigenvalue weighted by atomic mass is 9.93. The molecule has 0 N–H and O–H groups in total. The van der Waals surface area contributed by atoms with E-state index >= 15 is 0 Å². The molecule has 27 heavy (non-hydrogen) atoms. The van der Waals surface area contributed by atoms with Crippen LogP contribution >= 0.6 is 0 Å². The van der Waals surface area contributed by atoms with Crippen LogP contribution in [0.1, 0.15) is 16.7 Å². The summed E-state index contributed by atoms with van der Waals surface area (Å²) in [4.78, 5) is 12.6. The van der Waals surface area contributed by atoms with Crippen LogP contribution in [-0.2, 0) is 9.53 Å². The van der Waals surface area contributed by atoms with Crippen LogP contribution in [0, 0.1) is 0 Å². The van der Waals surface area contributed by atoms with Gasteiger partial charge in [0.25, 0.3) is 0 Å². The van der Waals surface area contributed by atoms with Crippen molar-refractivity contribution in [2.45, 2.75) is 0 Å². The molecule has 1 aliphatic heterocycles. The summed E-state index contributed by atoms with van der Waals surface area (Å²) in [5.41, 5.74) is 4.48. The van der Waals surface area contributed by atoms with Crippen LogP contribution < -0.4 is 0 Å². The monoisotopic (exact) mass is 350 g/mol. The van der Waals surface area contributed by atoms with E-state index in [1.807, 2.05) is 109 Å². The number of hydrogen-bond donors (Lipinski definition) is 0. The number of carbonyl (C=O) groups is 1. The highest BCUT2D eigenvalue weighted by Gasteiger charge is 2.24. The molecule has 0 saturated carbocycles. The average Bonchev–Trinajstić information content (AvgIpc) is 3.09. The number of carbonyl (C=O) groups excluding carboxylic acids is 1. The number of ether oxygens (including phenoxy) is 1. The zero-order chi connectivity index (χ0) is 18.5. The van der Waals surface area contributed by atoms with Gasteiger partial charge in [-0.2, -0.15) is 0 Å². The van der Waals surface area contributed by atoms with Crippen molar-refractivity contribution in [1.29, 1.82) is 0 Å². The molecule has 1 aliphatic rings. The highest BCUT2D eigenvalue weighted by molar-refractivity contribution is 6.06. The maximum absolute atomic E-state index is 12.6. The standard InChI is InChI=1S/C25H18O2/c26-25-23(18-22(27-25)17-16-19-10-4-1-5-11-19)24(20-12-6-2-7-13-20)21-14-8-3-9-15-21/h1-18H/b17-16+. The van der Waals surface area contributed by atoms with Gasteiger partial charge < -0.3 is 4.74 Å². The molecule has 0 aliphatic carbocycles. The summed E-state index contributed by atoms with van der Waals surface area (Å²) >= 11 is 0. The van der Waals surface area contributed by atoms with Gasteiger partial charge in [0.05, 0.1) is 5.57 Å². The molecule has 0 spiro atoms. The van der Waals surface area contributed by atoms with Crippen molar-refractivity contribution >= 4 is 17.6 Å². The molecule has 0 fully saturated rings. The number of benzene rings is 3. The Kier molecular flexibility index (Phi) is 4.80. The van der Waals surface area contributed by atoms with Crippen LogP contribution in [0.2, 0.25) is 0 Å². The van der Waals surface area contributed by atoms with Gasteiger partial charge in [-0.15, -0.1) is 0 Å². The molecule has 0 amide bonds. The van der Waals surface area contributed by atoms with E-state index in [9.17, 15) is 4.79 Å². The van der Waals surface area contributed by atoms with Gasteiger partial charge in [-0.25, -0.2) is 4.79 Å². The first-order valence-electron chi connectivity index (χ1n) is 8.83. The summed E-state index contributed by atoms with van der Waals surface area (Å²) in [7, 11) is 0. The predicted molar refractivity (Wildman–Crippen MR) is 109 cm³/mol. The Morgan fingerprint density at radius 2 is 1.19 bits per heavy atom. The van der Waals surface area contributed by atoms with Crippen molar-refractivity contribution in [3.05, 3.63) is 131 Å². The number of rotatable bonds is 4. The van der Waals surface area contributed by atoms with Gasteiger partial charge in [0, 0.05) is 5.57 Å². The zero-order valence-electron chi connectivity index (χ0n) is 14.7. The van der Waals surface area contributed by atoms with E-state index in [1.54, 1.807) is 0 Å². The molecule has 0 bridgehead atoms. The second kappa shape index (κ2) is 7.71. The Bertz CT molecular complexity index is 986. The van der Waals surface area contributed by atoms with Gasteiger partial charge >= 0.3 is 5.97 Å². The normalized spacial score (nSPS) is 13.6. The second-order valence-corrected chi connectivity index (χ2v) is 6.20. The van der Waals surface area contributed by atoms with Crippen LogP contribution in [0.15, 0.2) is 114 Å². The van der Waals surface area contributed by atoms with Gasteiger partial charge in [-0.05, 0) is 28.8 Å². The minimum Gasteiger partial charge on any atom is -0.423 e. The molecule has 2 nitrogen and oxygen atoms in total. The van der Waals surface area contributed by atoms with Crippen molar-refractivity contribution in [2.75, 3.05) is 0 Å². The van der Waals surface area contributed by atoms with Crippen LogP contribution in [0.25, 0.3) is 11.6 Å². The molecule has 0 unspecified atom stereocenters. The Morgan fingerprint density at radius 3 is 1.74 bits per heavy atom. The van der Waals surface area contributed by atoms with Crippen LogP contribution in [0.5, 0.6) is 0 Å². The summed E-state index contributed by atoms with van der Waals surface area (Å²) in [6.45, 7) is 0. The van der Waals surface area contributed by atoms with E-state index in [4.69, 9.17) is 4.74 Å². The Labute approximate surface area is 158 Å². The second-order valence-electron chi connectivity index (χ2n) is 6.20. The third-order valence-electron chi connectivity index (χ3n) is 4.35. The number of allylic oxidation sites excluding steroid dienone is 1. The minimum absolute atomic E-state index is 0.328. The van der Waals surface area contributed by atoms with E-state index in [1.165, 1.54) is 0 Å². The van der Waals surface area contributed by atoms with E-state index < -0.39 is 0 Å². The number of esters is 1. The summed E-state index contributed by atoms with van der Waals surface area (Å²) < 4.78 is 5.50. The fourth-order valence-electron chi connectivity index (χ4n) is 3.08. The molecule has 0 aromatic heterocycles. The Morgan fingerprint density at radius 1 is 0.667 bits per heavy atom.